The maximum absolute atomic E-state index is 12.1. The van der Waals surface area contributed by atoms with Gasteiger partial charge in [0.1, 0.15) is 11.5 Å². The van der Waals surface area contributed by atoms with Crippen LogP contribution in [0.5, 0.6) is 0 Å². The molecule has 0 aliphatic rings. The molecule has 0 fully saturated rings. The van der Waals surface area contributed by atoms with Gasteiger partial charge >= 0.3 is 6.09 Å². The van der Waals surface area contributed by atoms with E-state index >= 15 is 0 Å². The molecule has 0 radical (unpaired) electrons. The molecule has 6 heteroatoms. The van der Waals surface area contributed by atoms with Crippen molar-refractivity contribution in [2.75, 3.05) is 12.4 Å². The summed E-state index contributed by atoms with van der Waals surface area (Å²) in [6.07, 6.45) is 1.26. The van der Waals surface area contributed by atoms with Crippen LogP contribution >= 0.6 is 11.6 Å². The van der Waals surface area contributed by atoms with Gasteiger partial charge in [0.2, 0.25) is 5.91 Å². The molecule has 1 N–H and O–H groups in total. The molecule has 5 nitrogen and oxygen atoms in total. The number of benzene rings is 1. The minimum absolute atomic E-state index is 0.0898. The first kappa shape index (κ1) is 21.3. The average Bonchev–Trinajstić information content (AvgIpc) is 2.53. The number of rotatable bonds is 9. The predicted octanol–water partition coefficient (Wildman–Crippen LogP) is 3.95. The lowest BCUT2D eigenvalue weighted by atomic mass is 10.0. The van der Waals surface area contributed by atoms with Crippen LogP contribution in [0.3, 0.4) is 0 Å². The smallest absolute Gasteiger partial charge is 0.407 e. The number of alkyl carbamates (subject to hydrolysis) is 1. The number of carbonyl (C=O) groups is 2. The monoisotopic (exact) mass is 368 g/mol. The van der Waals surface area contributed by atoms with Crippen LogP contribution in [-0.4, -0.2) is 41.0 Å². The van der Waals surface area contributed by atoms with Gasteiger partial charge in [0.25, 0.3) is 0 Å². The zero-order chi connectivity index (χ0) is 18.9. The third-order valence-electron chi connectivity index (χ3n) is 3.76. The van der Waals surface area contributed by atoms with Crippen molar-refractivity contribution in [3.05, 3.63) is 35.9 Å². The molecule has 0 unspecified atom stereocenters. The van der Waals surface area contributed by atoms with Gasteiger partial charge in [0, 0.05) is 19.1 Å². The first-order chi connectivity index (χ1) is 11.8. The van der Waals surface area contributed by atoms with Gasteiger partial charge in [-0.1, -0.05) is 43.7 Å². The Bertz CT molecular complexity index is 549. The first-order valence-electron chi connectivity index (χ1n) is 8.64. The second kappa shape index (κ2) is 10.3. The van der Waals surface area contributed by atoms with Gasteiger partial charge in [-0.25, -0.2) is 4.79 Å². The van der Waals surface area contributed by atoms with Gasteiger partial charge in [-0.3, -0.25) is 4.79 Å². The summed E-state index contributed by atoms with van der Waals surface area (Å²) in [7, 11) is 0. The van der Waals surface area contributed by atoms with Crippen LogP contribution in [0.1, 0.15) is 46.1 Å². The number of hydrogen-bond acceptors (Lipinski definition) is 3. The fraction of sp³-hybridized carbons (Fsp3) is 0.579. The third kappa shape index (κ3) is 8.25. The molecule has 2 amide bonds. The van der Waals surface area contributed by atoms with Crippen molar-refractivity contribution in [2.24, 2.45) is 0 Å². The molecule has 0 aliphatic heterocycles. The molecule has 0 saturated carbocycles. The summed E-state index contributed by atoms with van der Waals surface area (Å²) < 4.78 is 5.46. The molecule has 1 atom stereocenters. The number of amides is 2. The first-order valence-corrected chi connectivity index (χ1v) is 9.18. The van der Waals surface area contributed by atoms with Crippen LogP contribution in [0.2, 0.25) is 0 Å². The number of alkyl halides is 1. The lowest BCUT2D eigenvalue weighted by molar-refractivity contribution is -0.129. The molecule has 140 valence electrons. The Morgan fingerprint density at radius 1 is 1.28 bits per heavy atom. The second-order valence-corrected chi connectivity index (χ2v) is 7.11. The van der Waals surface area contributed by atoms with Crippen molar-refractivity contribution in [3.8, 4) is 0 Å². The average molecular weight is 369 g/mol. The summed E-state index contributed by atoms with van der Waals surface area (Å²) in [6, 6.07) is 9.43. The SMILES string of the molecule is CCCC(C)(C)OC(=O)N[C@@H](C)CN(Cc1ccccc1)C(=O)CCl. The minimum Gasteiger partial charge on any atom is -0.444 e. The molecule has 0 spiro atoms. The fourth-order valence-electron chi connectivity index (χ4n) is 2.65. The number of nitrogens with one attached hydrogen (secondary N) is 1. The topological polar surface area (TPSA) is 58.6 Å². The van der Waals surface area contributed by atoms with E-state index in [1.54, 1.807) is 4.90 Å². The highest BCUT2D eigenvalue weighted by Gasteiger charge is 2.23. The van der Waals surface area contributed by atoms with Gasteiger partial charge in [-0.05, 0) is 32.8 Å². The third-order valence-corrected chi connectivity index (χ3v) is 3.99. The standard InChI is InChI=1S/C19H29ClN2O3/c1-5-11-19(3,4)25-18(24)21-15(2)13-22(17(23)12-20)14-16-9-7-6-8-10-16/h6-10,15H,5,11-14H2,1-4H3,(H,21,24)/t15-/m0/s1. The maximum Gasteiger partial charge on any atom is 0.407 e. The largest absolute Gasteiger partial charge is 0.444 e. The molecule has 1 aromatic rings. The fourth-order valence-corrected chi connectivity index (χ4v) is 2.82. The zero-order valence-electron chi connectivity index (χ0n) is 15.5. The van der Waals surface area contributed by atoms with Crippen LogP contribution in [0.15, 0.2) is 30.3 Å². The molecule has 0 aliphatic carbocycles. The van der Waals surface area contributed by atoms with Crippen LogP contribution in [0.25, 0.3) is 0 Å². The second-order valence-electron chi connectivity index (χ2n) is 6.84. The minimum atomic E-state index is -0.506. The lowest BCUT2D eigenvalue weighted by Crippen LogP contribution is -2.46. The van der Waals surface area contributed by atoms with E-state index in [-0.39, 0.29) is 17.8 Å². The molecular weight excluding hydrogens is 340 g/mol. The van der Waals surface area contributed by atoms with Crippen LogP contribution < -0.4 is 5.32 Å². The van der Waals surface area contributed by atoms with Crippen molar-refractivity contribution in [1.29, 1.82) is 0 Å². The Morgan fingerprint density at radius 2 is 1.92 bits per heavy atom. The summed E-state index contributed by atoms with van der Waals surface area (Å²) in [6.45, 7) is 8.48. The lowest BCUT2D eigenvalue weighted by Gasteiger charge is -2.28. The molecule has 0 saturated heterocycles. The Kier molecular flexibility index (Phi) is 8.76. The van der Waals surface area contributed by atoms with Crippen molar-refractivity contribution in [2.45, 2.75) is 58.7 Å². The van der Waals surface area contributed by atoms with E-state index in [4.69, 9.17) is 16.3 Å². The number of ether oxygens (including phenoxy) is 1. The Hall–Kier alpha value is -1.75. The Balaban J connectivity index is 2.61. The number of carbonyl (C=O) groups excluding carboxylic acids is 2. The maximum atomic E-state index is 12.1. The van der Waals surface area contributed by atoms with Crippen LogP contribution in [0.4, 0.5) is 4.79 Å². The number of hydrogen-bond donors (Lipinski definition) is 1. The van der Waals surface area contributed by atoms with Gasteiger partial charge in [-0.2, -0.15) is 0 Å². The zero-order valence-corrected chi connectivity index (χ0v) is 16.3. The van der Waals surface area contributed by atoms with Gasteiger partial charge in [-0.15, -0.1) is 11.6 Å². The normalized spacial score (nSPS) is 12.4. The summed E-state index contributed by atoms with van der Waals surface area (Å²) in [5.74, 6) is -0.257. The summed E-state index contributed by atoms with van der Waals surface area (Å²) in [5, 5.41) is 2.79. The van der Waals surface area contributed by atoms with E-state index < -0.39 is 11.7 Å². The number of nitrogens with zero attached hydrogens (tertiary/aromatic N) is 1. The highest BCUT2D eigenvalue weighted by molar-refractivity contribution is 6.27. The van der Waals surface area contributed by atoms with E-state index in [1.807, 2.05) is 58.0 Å². The summed E-state index contributed by atoms with van der Waals surface area (Å²) >= 11 is 5.72. The summed E-state index contributed by atoms with van der Waals surface area (Å²) in [5.41, 5.74) is 0.508. The van der Waals surface area contributed by atoms with Gasteiger partial charge in [0.15, 0.2) is 0 Å². The molecule has 0 bridgehead atoms. The molecule has 25 heavy (non-hydrogen) atoms. The predicted molar refractivity (Wildman–Crippen MR) is 101 cm³/mol. The van der Waals surface area contributed by atoms with E-state index in [1.165, 1.54) is 0 Å². The quantitative estimate of drug-likeness (QED) is 0.671. The Labute approximate surface area is 155 Å². The van der Waals surface area contributed by atoms with E-state index in [9.17, 15) is 9.59 Å². The van der Waals surface area contributed by atoms with E-state index in [2.05, 4.69) is 5.32 Å². The highest BCUT2D eigenvalue weighted by atomic mass is 35.5. The molecule has 0 heterocycles. The number of halogens is 1. The van der Waals surface area contributed by atoms with Crippen LogP contribution in [0, 0.1) is 0 Å². The molecular formula is C19H29ClN2O3. The van der Waals surface area contributed by atoms with Crippen LogP contribution in [-0.2, 0) is 16.1 Å². The summed E-state index contributed by atoms with van der Waals surface area (Å²) in [4.78, 5) is 25.8. The van der Waals surface area contributed by atoms with Crippen molar-refractivity contribution < 1.29 is 14.3 Å². The highest BCUT2D eigenvalue weighted by Crippen LogP contribution is 2.16. The van der Waals surface area contributed by atoms with Crippen molar-refractivity contribution >= 4 is 23.6 Å². The Morgan fingerprint density at radius 3 is 2.48 bits per heavy atom. The van der Waals surface area contributed by atoms with E-state index in [0.29, 0.717) is 13.1 Å². The van der Waals surface area contributed by atoms with Gasteiger partial charge < -0.3 is 15.0 Å². The molecule has 1 aromatic carbocycles. The van der Waals surface area contributed by atoms with Gasteiger partial charge in [0.05, 0.1) is 0 Å². The van der Waals surface area contributed by atoms with Crippen molar-refractivity contribution in [3.63, 3.8) is 0 Å². The van der Waals surface area contributed by atoms with E-state index in [0.717, 1.165) is 18.4 Å². The molecule has 1 rings (SSSR count). The van der Waals surface area contributed by atoms with Crippen molar-refractivity contribution in [1.82, 2.24) is 10.2 Å². The molecule has 0 aromatic heterocycles.